The summed E-state index contributed by atoms with van der Waals surface area (Å²) in [6, 6.07) is 2.49. The minimum Gasteiger partial charge on any atom is -0.476 e. The molecule has 0 spiro atoms. The molecule has 1 saturated heterocycles. The van der Waals surface area contributed by atoms with Crippen LogP contribution in [0.2, 0.25) is 0 Å². The van der Waals surface area contributed by atoms with E-state index in [9.17, 15) is 18.0 Å². The quantitative estimate of drug-likeness (QED) is 0.849. The molecule has 0 bridgehead atoms. The zero-order valence-corrected chi connectivity index (χ0v) is 14.6. The Morgan fingerprint density at radius 2 is 2.16 bits per heavy atom. The van der Waals surface area contributed by atoms with E-state index in [1.807, 2.05) is 6.92 Å². The van der Waals surface area contributed by atoms with Gasteiger partial charge in [0.25, 0.3) is 0 Å². The van der Waals surface area contributed by atoms with E-state index in [0.717, 1.165) is 25.5 Å². The van der Waals surface area contributed by atoms with Crippen molar-refractivity contribution < 1.29 is 22.7 Å². The first-order valence-corrected chi connectivity index (χ1v) is 8.29. The minimum absolute atomic E-state index is 0.0589. The van der Waals surface area contributed by atoms with Crippen LogP contribution < -0.4 is 15.4 Å². The summed E-state index contributed by atoms with van der Waals surface area (Å²) in [7, 11) is 0. The first-order valence-electron chi connectivity index (χ1n) is 8.29. The summed E-state index contributed by atoms with van der Waals surface area (Å²) in [4.78, 5) is 16.1. The van der Waals surface area contributed by atoms with Gasteiger partial charge in [-0.2, -0.15) is 13.2 Å². The summed E-state index contributed by atoms with van der Waals surface area (Å²) in [6.45, 7) is 5.96. The molecule has 2 heterocycles. The van der Waals surface area contributed by atoms with E-state index in [4.69, 9.17) is 4.74 Å². The third-order valence-electron chi connectivity index (χ3n) is 4.22. The van der Waals surface area contributed by atoms with Crippen molar-refractivity contribution in [2.24, 2.45) is 5.41 Å². The number of piperidine rings is 1. The molecule has 8 heteroatoms. The van der Waals surface area contributed by atoms with E-state index >= 15 is 0 Å². The Hall–Kier alpha value is -1.83. The van der Waals surface area contributed by atoms with Gasteiger partial charge in [-0.25, -0.2) is 4.98 Å². The molecule has 140 valence electrons. The summed E-state index contributed by atoms with van der Waals surface area (Å²) in [5, 5.41) is 6.27. The maximum atomic E-state index is 13.0. The monoisotopic (exact) mass is 359 g/mol. The molecule has 1 aromatic heterocycles. The lowest BCUT2D eigenvalue weighted by molar-refractivity contribution is -0.139. The molecular formula is C17H24F3N3O2. The van der Waals surface area contributed by atoms with Crippen molar-refractivity contribution in [3.05, 3.63) is 23.9 Å². The molecule has 1 aliphatic heterocycles. The normalized spacial score (nSPS) is 21.7. The molecule has 0 aromatic carbocycles. The highest BCUT2D eigenvalue weighted by Gasteiger charge is 2.37. The van der Waals surface area contributed by atoms with E-state index in [-0.39, 0.29) is 18.6 Å². The Kier molecular flexibility index (Phi) is 5.92. The average Bonchev–Trinajstić information content (AvgIpc) is 2.52. The van der Waals surface area contributed by atoms with E-state index in [1.54, 1.807) is 13.8 Å². The molecule has 0 unspecified atom stereocenters. The molecule has 2 atom stereocenters. The first kappa shape index (κ1) is 19.5. The molecular weight excluding hydrogens is 335 g/mol. The number of hydrogen-bond acceptors (Lipinski definition) is 4. The molecule has 1 aromatic rings. The average molecular weight is 359 g/mol. The lowest BCUT2D eigenvalue weighted by Gasteiger charge is -2.32. The molecule has 0 radical (unpaired) electrons. The van der Waals surface area contributed by atoms with Gasteiger partial charge in [-0.1, -0.05) is 0 Å². The number of alkyl halides is 3. The van der Waals surface area contributed by atoms with E-state index < -0.39 is 23.0 Å². The van der Waals surface area contributed by atoms with Crippen LogP contribution in [0.5, 0.6) is 5.88 Å². The first-order chi connectivity index (χ1) is 11.6. The number of carbonyl (C=O) groups is 1. The second-order valence-corrected chi connectivity index (χ2v) is 7.08. The Morgan fingerprint density at radius 3 is 2.80 bits per heavy atom. The Bertz CT molecular complexity index is 605. The van der Waals surface area contributed by atoms with Gasteiger partial charge < -0.3 is 15.4 Å². The molecule has 2 N–H and O–H groups in total. The lowest BCUT2D eigenvalue weighted by atomic mass is 9.91. The highest BCUT2D eigenvalue weighted by molar-refractivity contribution is 5.82. The number of amides is 1. The molecule has 2 rings (SSSR count). The van der Waals surface area contributed by atoms with Crippen LogP contribution in [0.1, 0.15) is 39.2 Å². The number of hydrogen-bond donors (Lipinski definition) is 2. The maximum absolute atomic E-state index is 13.0. The highest BCUT2D eigenvalue weighted by Crippen LogP contribution is 2.35. The van der Waals surface area contributed by atoms with Gasteiger partial charge in [0.05, 0.1) is 5.41 Å². The van der Waals surface area contributed by atoms with Gasteiger partial charge in [-0.3, -0.25) is 4.79 Å². The molecule has 5 nitrogen and oxygen atoms in total. The van der Waals surface area contributed by atoms with Crippen molar-refractivity contribution in [3.63, 3.8) is 0 Å². The van der Waals surface area contributed by atoms with Crippen LogP contribution in [-0.2, 0) is 11.0 Å². The van der Waals surface area contributed by atoms with Gasteiger partial charge in [0, 0.05) is 18.3 Å². The fraction of sp³-hybridized carbons (Fsp3) is 0.647. The van der Waals surface area contributed by atoms with Gasteiger partial charge in [-0.05, 0) is 52.3 Å². The highest BCUT2D eigenvalue weighted by atomic mass is 19.4. The van der Waals surface area contributed by atoms with E-state index in [1.165, 1.54) is 12.3 Å². The third kappa shape index (κ3) is 5.32. The Labute approximate surface area is 145 Å². The standard InChI is InChI=1S/C17H24F3N3O2/c1-11-9-12(6-8-21-11)23-15(24)16(2,3)10-25-14-13(17(18,19)20)5-4-7-22-14/h4-5,7,11-12,21H,6,8-10H2,1-3H3,(H,23,24)/t11-,12+/m0/s1. The van der Waals surface area contributed by atoms with Crippen molar-refractivity contribution in [1.29, 1.82) is 0 Å². The van der Waals surface area contributed by atoms with Crippen molar-refractivity contribution in [2.75, 3.05) is 13.2 Å². The van der Waals surface area contributed by atoms with Crippen LogP contribution in [-0.4, -0.2) is 36.1 Å². The summed E-state index contributed by atoms with van der Waals surface area (Å²) >= 11 is 0. The molecule has 25 heavy (non-hydrogen) atoms. The van der Waals surface area contributed by atoms with E-state index in [0.29, 0.717) is 6.04 Å². The van der Waals surface area contributed by atoms with Crippen LogP contribution in [0.3, 0.4) is 0 Å². The van der Waals surface area contributed by atoms with Gasteiger partial charge in [-0.15, -0.1) is 0 Å². The summed E-state index contributed by atoms with van der Waals surface area (Å²) in [5.41, 5.74) is -1.92. The number of nitrogens with zero attached hydrogens (tertiary/aromatic N) is 1. The van der Waals surface area contributed by atoms with Gasteiger partial charge >= 0.3 is 6.18 Å². The van der Waals surface area contributed by atoms with Crippen LogP contribution in [0, 0.1) is 5.41 Å². The van der Waals surface area contributed by atoms with Crippen LogP contribution >= 0.6 is 0 Å². The fourth-order valence-corrected chi connectivity index (χ4v) is 2.68. The Balaban J connectivity index is 1.98. The van der Waals surface area contributed by atoms with Crippen molar-refractivity contribution >= 4 is 5.91 Å². The molecule has 0 aliphatic carbocycles. The smallest absolute Gasteiger partial charge is 0.421 e. The lowest BCUT2D eigenvalue weighted by Crippen LogP contribution is -2.51. The summed E-state index contributed by atoms with van der Waals surface area (Å²) in [6.07, 6.45) is -1.68. The van der Waals surface area contributed by atoms with Gasteiger partial charge in [0.1, 0.15) is 12.2 Å². The SMILES string of the molecule is C[C@H]1C[C@H](NC(=O)C(C)(C)COc2ncccc2C(F)(F)F)CCN1. The molecule has 0 saturated carbocycles. The predicted molar refractivity (Wildman–Crippen MR) is 87.1 cm³/mol. The second-order valence-electron chi connectivity index (χ2n) is 7.08. The van der Waals surface area contributed by atoms with Crippen LogP contribution in [0.15, 0.2) is 18.3 Å². The number of ether oxygens (including phenoxy) is 1. The summed E-state index contributed by atoms with van der Waals surface area (Å²) < 4.78 is 44.2. The molecule has 1 fully saturated rings. The maximum Gasteiger partial charge on any atom is 0.421 e. The van der Waals surface area contributed by atoms with Crippen molar-refractivity contribution in [2.45, 2.75) is 51.9 Å². The predicted octanol–water partition coefficient (Wildman–Crippen LogP) is 2.76. The minimum atomic E-state index is -4.55. The van der Waals surface area contributed by atoms with Gasteiger partial charge in [0.15, 0.2) is 0 Å². The summed E-state index contributed by atoms with van der Waals surface area (Å²) in [5.74, 6) is -0.748. The van der Waals surface area contributed by atoms with Crippen molar-refractivity contribution in [1.82, 2.24) is 15.6 Å². The third-order valence-corrected chi connectivity index (χ3v) is 4.22. The van der Waals surface area contributed by atoms with Crippen LogP contribution in [0.25, 0.3) is 0 Å². The largest absolute Gasteiger partial charge is 0.476 e. The second kappa shape index (κ2) is 7.59. The Morgan fingerprint density at radius 1 is 1.44 bits per heavy atom. The zero-order valence-electron chi connectivity index (χ0n) is 14.6. The van der Waals surface area contributed by atoms with E-state index in [2.05, 4.69) is 15.6 Å². The number of rotatable bonds is 5. The number of pyridine rings is 1. The zero-order chi connectivity index (χ0) is 18.7. The fourth-order valence-electron chi connectivity index (χ4n) is 2.68. The van der Waals surface area contributed by atoms with Crippen LogP contribution in [0.4, 0.5) is 13.2 Å². The number of carbonyl (C=O) groups excluding carboxylic acids is 1. The number of nitrogens with one attached hydrogen (secondary N) is 2. The number of halogens is 3. The molecule has 1 amide bonds. The molecule has 1 aliphatic rings. The number of aromatic nitrogens is 1. The van der Waals surface area contributed by atoms with Gasteiger partial charge in [0.2, 0.25) is 11.8 Å². The van der Waals surface area contributed by atoms with Crippen molar-refractivity contribution in [3.8, 4) is 5.88 Å². The topological polar surface area (TPSA) is 63.2 Å².